The molecule has 0 amide bonds. The summed E-state index contributed by atoms with van der Waals surface area (Å²) in [5.41, 5.74) is 3.86. The SMILES string of the molecule is Cc1ccccc1C(=O)Oc1ccc(CC(S)c2cccc3ccccc23)cc1. The minimum atomic E-state index is -0.335. The van der Waals surface area contributed by atoms with Crippen molar-refractivity contribution < 1.29 is 9.53 Å². The van der Waals surface area contributed by atoms with Crippen LogP contribution in [0, 0.1) is 6.92 Å². The quantitative estimate of drug-likeness (QED) is 0.233. The van der Waals surface area contributed by atoms with Crippen LogP contribution in [-0.2, 0) is 6.42 Å². The number of carbonyl (C=O) groups is 1. The van der Waals surface area contributed by atoms with Crippen molar-refractivity contribution in [3.63, 3.8) is 0 Å². The Balaban J connectivity index is 1.47. The Morgan fingerprint density at radius 3 is 2.34 bits per heavy atom. The first-order valence-electron chi connectivity index (χ1n) is 9.64. The largest absolute Gasteiger partial charge is 0.423 e. The maximum atomic E-state index is 12.4. The fourth-order valence-corrected chi connectivity index (χ4v) is 3.97. The minimum absolute atomic E-state index is 0.0847. The number of thiol groups is 1. The molecule has 0 aliphatic carbocycles. The first kappa shape index (κ1) is 19.3. The Labute approximate surface area is 176 Å². The van der Waals surface area contributed by atoms with Gasteiger partial charge in [-0.3, -0.25) is 0 Å². The molecule has 1 atom stereocenters. The van der Waals surface area contributed by atoms with Crippen LogP contribution < -0.4 is 4.74 Å². The van der Waals surface area contributed by atoms with Gasteiger partial charge in [-0.25, -0.2) is 4.79 Å². The van der Waals surface area contributed by atoms with Gasteiger partial charge in [-0.05, 0) is 59.0 Å². The Hall–Kier alpha value is -3.04. The lowest BCUT2D eigenvalue weighted by Gasteiger charge is -2.14. The molecular weight excluding hydrogens is 376 g/mol. The number of hydrogen-bond acceptors (Lipinski definition) is 3. The van der Waals surface area contributed by atoms with E-state index in [1.165, 1.54) is 16.3 Å². The lowest BCUT2D eigenvalue weighted by Crippen LogP contribution is -2.10. The summed E-state index contributed by atoms with van der Waals surface area (Å²) in [7, 11) is 0. The van der Waals surface area contributed by atoms with Crippen molar-refractivity contribution >= 4 is 29.4 Å². The number of fused-ring (bicyclic) bond motifs is 1. The molecule has 0 spiro atoms. The molecule has 0 N–H and O–H groups in total. The van der Waals surface area contributed by atoms with E-state index >= 15 is 0 Å². The summed E-state index contributed by atoms with van der Waals surface area (Å²) in [6.45, 7) is 1.90. The standard InChI is InChI=1S/C26H22O2S/c1-18-7-2-4-10-22(18)26(27)28-21-15-13-19(14-16-21)17-25(29)24-12-6-9-20-8-3-5-11-23(20)24/h2-16,25,29H,17H2,1H3. The molecule has 4 aromatic carbocycles. The molecule has 144 valence electrons. The molecule has 0 saturated heterocycles. The first-order valence-corrected chi connectivity index (χ1v) is 10.2. The molecule has 0 aliphatic heterocycles. The van der Waals surface area contributed by atoms with Crippen molar-refractivity contribution in [3.8, 4) is 5.75 Å². The Bertz CT molecular complexity index is 1140. The molecule has 0 saturated carbocycles. The molecule has 0 aliphatic rings. The fourth-order valence-electron chi connectivity index (χ4n) is 3.53. The number of rotatable bonds is 5. The van der Waals surface area contributed by atoms with Gasteiger partial charge in [0.2, 0.25) is 0 Å². The van der Waals surface area contributed by atoms with E-state index in [9.17, 15) is 4.79 Å². The van der Waals surface area contributed by atoms with Crippen molar-refractivity contribution in [3.05, 3.63) is 113 Å². The zero-order chi connectivity index (χ0) is 20.2. The van der Waals surface area contributed by atoms with Crippen molar-refractivity contribution in [2.24, 2.45) is 0 Å². The van der Waals surface area contributed by atoms with E-state index in [1.807, 2.05) is 49.4 Å². The van der Waals surface area contributed by atoms with Crippen molar-refractivity contribution in [2.45, 2.75) is 18.6 Å². The number of esters is 1. The normalized spacial score (nSPS) is 11.9. The van der Waals surface area contributed by atoms with Crippen LogP contribution in [0.2, 0.25) is 0 Å². The molecule has 1 unspecified atom stereocenters. The average molecular weight is 399 g/mol. The van der Waals surface area contributed by atoms with Gasteiger partial charge in [0.1, 0.15) is 5.75 Å². The van der Waals surface area contributed by atoms with E-state index in [0.717, 1.165) is 17.5 Å². The summed E-state index contributed by atoms with van der Waals surface area (Å²) < 4.78 is 5.53. The number of carbonyl (C=O) groups excluding carboxylic acids is 1. The third-order valence-electron chi connectivity index (χ3n) is 5.11. The average Bonchev–Trinajstić information content (AvgIpc) is 2.75. The number of hydrogen-bond donors (Lipinski definition) is 1. The predicted octanol–water partition coefficient (Wildman–Crippen LogP) is 6.58. The highest BCUT2D eigenvalue weighted by Gasteiger charge is 2.13. The molecule has 29 heavy (non-hydrogen) atoms. The van der Waals surface area contributed by atoms with Crippen LogP contribution in [-0.4, -0.2) is 5.97 Å². The second-order valence-electron chi connectivity index (χ2n) is 7.14. The van der Waals surface area contributed by atoms with Crippen molar-refractivity contribution in [1.29, 1.82) is 0 Å². The van der Waals surface area contributed by atoms with Crippen LogP contribution in [0.25, 0.3) is 10.8 Å². The summed E-state index contributed by atoms with van der Waals surface area (Å²) in [5.74, 6) is 0.210. The van der Waals surface area contributed by atoms with Crippen LogP contribution in [0.3, 0.4) is 0 Å². The third-order valence-corrected chi connectivity index (χ3v) is 5.57. The lowest BCUT2D eigenvalue weighted by molar-refractivity contribution is 0.0734. The van der Waals surface area contributed by atoms with E-state index in [4.69, 9.17) is 17.4 Å². The molecule has 3 heteroatoms. The van der Waals surface area contributed by atoms with Crippen LogP contribution in [0.15, 0.2) is 91.0 Å². The summed E-state index contributed by atoms with van der Waals surface area (Å²) in [4.78, 5) is 12.4. The highest BCUT2D eigenvalue weighted by Crippen LogP contribution is 2.31. The van der Waals surface area contributed by atoms with Gasteiger partial charge in [-0.2, -0.15) is 12.6 Å². The Morgan fingerprint density at radius 2 is 1.55 bits per heavy atom. The van der Waals surface area contributed by atoms with Crippen LogP contribution in [0.4, 0.5) is 0 Å². The van der Waals surface area contributed by atoms with Gasteiger partial charge in [0, 0.05) is 5.25 Å². The van der Waals surface area contributed by atoms with E-state index in [2.05, 4.69) is 42.5 Å². The van der Waals surface area contributed by atoms with Gasteiger partial charge in [0.15, 0.2) is 0 Å². The summed E-state index contributed by atoms with van der Waals surface area (Å²) in [6, 6.07) is 29.8. The van der Waals surface area contributed by atoms with Crippen LogP contribution in [0.5, 0.6) is 5.75 Å². The van der Waals surface area contributed by atoms with Gasteiger partial charge >= 0.3 is 5.97 Å². The molecule has 0 radical (unpaired) electrons. The summed E-state index contributed by atoms with van der Waals surface area (Å²) in [5, 5.41) is 2.54. The Kier molecular flexibility index (Phi) is 5.68. The van der Waals surface area contributed by atoms with Crippen LogP contribution in [0.1, 0.15) is 32.3 Å². The van der Waals surface area contributed by atoms with E-state index in [1.54, 1.807) is 6.07 Å². The van der Waals surface area contributed by atoms with Gasteiger partial charge in [0.25, 0.3) is 0 Å². The number of benzene rings is 4. The first-order chi connectivity index (χ1) is 14.1. The molecule has 0 fully saturated rings. The van der Waals surface area contributed by atoms with E-state index < -0.39 is 0 Å². The van der Waals surface area contributed by atoms with Crippen LogP contribution >= 0.6 is 12.6 Å². The van der Waals surface area contributed by atoms with Gasteiger partial charge < -0.3 is 4.74 Å². The molecule has 4 aromatic rings. The molecule has 2 nitrogen and oxygen atoms in total. The fraction of sp³-hybridized carbons (Fsp3) is 0.115. The van der Waals surface area contributed by atoms with Crippen molar-refractivity contribution in [2.75, 3.05) is 0 Å². The zero-order valence-electron chi connectivity index (χ0n) is 16.2. The molecule has 4 rings (SSSR count). The zero-order valence-corrected chi connectivity index (χ0v) is 17.1. The minimum Gasteiger partial charge on any atom is -0.423 e. The lowest BCUT2D eigenvalue weighted by atomic mass is 9.98. The highest BCUT2D eigenvalue weighted by atomic mass is 32.1. The van der Waals surface area contributed by atoms with E-state index in [-0.39, 0.29) is 11.2 Å². The topological polar surface area (TPSA) is 26.3 Å². The summed E-state index contributed by atoms with van der Waals surface area (Å²) >= 11 is 4.86. The maximum Gasteiger partial charge on any atom is 0.343 e. The second-order valence-corrected chi connectivity index (χ2v) is 7.76. The second kappa shape index (κ2) is 8.54. The van der Waals surface area contributed by atoms with Crippen molar-refractivity contribution in [1.82, 2.24) is 0 Å². The maximum absolute atomic E-state index is 12.4. The Morgan fingerprint density at radius 1 is 0.862 bits per heavy atom. The smallest absolute Gasteiger partial charge is 0.343 e. The summed E-state index contributed by atoms with van der Waals surface area (Å²) in [6.07, 6.45) is 0.795. The van der Waals surface area contributed by atoms with E-state index in [0.29, 0.717) is 11.3 Å². The molecule has 0 aromatic heterocycles. The molecular formula is C26H22O2S. The third kappa shape index (κ3) is 4.36. The van der Waals surface area contributed by atoms with Gasteiger partial charge in [-0.1, -0.05) is 72.8 Å². The molecule has 0 heterocycles. The van der Waals surface area contributed by atoms with Gasteiger partial charge in [-0.15, -0.1) is 0 Å². The predicted molar refractivity (Wildman–Crippen MR) is 122 cm³/mol. The van der Waals surface area contributed by atoms with Gasteiger partial charge in [0.05, 0.1) is 5.56 Å². The monoisotopic (exact) mass is 398 g/mol. The number of ether oxygens (including phenoxy) is 1. The number of aryl methyl sites for hydroxylation is 1. The highest BCUT2D eigenvalue weighted by molar-refractivity contribution is 7.80. The molecule has 0 bridgehead atoms.